The van der Waals surface area contributed by atoms with E-state index in [2.05, 4.69) is 47.8 Å². The second-order valence-electron chi connectivity index (χ2n) is 3.31. The third-order valence-electron chi connectivity index (χ3n) is 2.12. The summed E-state index contributed by atoms with van der Waals surface area (Å²) < 4.78 is 19.2. The van der Waals surface area contributed by atoms with E-state index in [1.165, 1.54) is 18.2 Å². The lowest BCUT2D eigenvalue weighted by molar-refractivity contribution is 0.0918. The summed E-state index contributed by atoms with van der Waals surface area (Å²) in [7, 11) is 0. The first-order chi connectivity index (χ1) is 9.43. The third-order valence-corrected chi connectivity index (χ3v) is 7.37. The Kier molecular flexibility index (Phi) is 5.30. The Bertz CT molecular complexity index is 683. The van der Waals surface area contributed by atoms with Gasteiger partial charge in [0, 0.05) is 18.0 Å². The molecule has 20 heavy (non-hydrogen) atoms. The average Bonchev–Trinajstić information content (AvgIpc) is 2.42. The minimum absolute atomic E-state index is 0.141. The van der Waals surface area contributed by atoms with E-state index in [0.717, 1.165) is 15.7 Å². The molecule has 5 nitrogen and oxygen atoms in total. The van der Waals surface area contributed by atoms with Gasteiger partial charge in [-0.15, -0.1) is 0 Å². The number of carbonyl (C=O) groups excluding carboxylic acids is 1. The van der Waals surface area contributed by atoms with Crippen molar-refractivity contribution >= 4 is 76.9 Å². The molecule has 0 fully saturated rings. The number of halogens is 3. The Hall–Kier alpha value is -0.340. The van der Waals surface area contributed by atoms with Gasteiger partial charge in [0.1, 0.15) is 0 Å². The average molecular weight is 503 g/mol. The molecule has 0 aliphatic carbocycles. The van der Waals surface area contributed by atoms with Gasteiger partial charge in [-0.1, -0.05) is 0 Å². The van der Waals surface area contributed by atoms with Crippen LogP contribution in [0.5, 0.6) is 5.75 Å². The van der Waals surface area contributed by atoms with E-state index in [4.69, 9.17) is 9.44 Å². The van der Waals surface area contributed by atoms with Crippen LogP contribution in [-0.2, 0) is 11.3 Å². The van der Waals surface area contributed by atoms with Gasteiger partial charge < -0.3 is 4.18 Å². The summed E-state index contributed by atoms with van der Waals surface area (Å²) >= 11 is 8.49. The van der Waals surface area contributed by atoms with Crippen LogP contribution in [0.15, 0.2) is 25.4 Å². The third kappa shape index (κ3) is 3.28. The lowest BCUT2D eigenvalue weighted by atomic mass is 10.1. The molecule has 104 valence electrons. The highest BCUT2D eigenvalue weighted by Crippen LogP contribution is 2.39. The maximum atomic E-state index is 12.3. The molecule has 0 aromatic heterocycles. The Morgan fingerprint density at radius 1 is 1.40 bits per heavy atom. The van der Waals surface area contributed by atoms with Crippen molar-refractivity contribution < 1.29 is 13.2 Å². The lowest BCUT2D eigenvalue weighted by Crippen LogP contribution is -2.34. The Labute approximate surface area is 146 Å². The number of fused-ring (bicyclic) bond motifs is 1. The molecule has 2 rings (SSSR count). The molecule has 1 aliphatic rings. The van der Waals surface area contributed by atoms with Crippen LogP contribution < -0.4 is 4.18 Å². The molecule has 1 aromatic rings. The highest BCUT2D eigenvalue weighted by atomic mass is 79.9. The molecule has 0 spiro atoms. The number of nitrogens with zero attached hydrogens (tertiary/aromatic N) is 2. The van der Waals surface area contributed by atoms with E-state index < -0.39 is 17.2 Å². The van der Waals surface area contributed by atoms with Crippen molar-refractivity contribution in [3.8, 4) is 11.8 Å². The van der Waals surface area contributed by atoms with E-state index in [-0.39, 0.29) is 11.3 Å². The standard InChI is InChI=1S/C10H3Br3N2O3S2/c11-8(12)9(13)19-15-10(16)6-2-1-5(4-14)3-7(6)18-20(15)17/h1-3H. The Morgan fingerprint density at radius 2 is 2.10 bits per heavy atom. The summed E-state index contributed by atoms with van der Waals surface area (Å²) in [4.78, 5) is 12.3. The Balaban J connectivity index is 2.37. The molecule has 1 amide bonds. The quantitative estimate of drug-likeness (QED) is 0.573. The molecule has 1 atom stereocenters. The summed E-state index contributed by atoms with van der Waals surface area (Å²) in [6.07, 6.45) is 0. The van der Waals surface area contributed by atoms with Crippen LogP contribution >= 0.6 is 59.7 Å². The number of amides is 1. The molecule has 0 saturated carbocycles. The largest absolute Gasteiger partial charge is 0.383 e. The molecule has 0 saturated heterocycles. The second-order valence-corrected chi connectivity index (χ2v) is 9.43. The number of nitriles is 1. The van der Waals surface area contributed by atoms with Crippen molar-refractivity contribution in [3.05, 3.63) is 36.5 Å². The van der Waals surface area contributed by atoms with Crippen molar-refractivity contribution in [2.45, 2.75) is 0 Å². The van der Waals surface area contributed by atoms with Crippen LogP contribution in [-0.4, -0.2) is 13.8 Å². The van der Waals surface area contributed by atoms with Crippen LogP contribution in [0.25, 0.3) is 0 Å². The van der Waals surface area contributed by atoms with Crippen molar-refractivity contribution in [2.75, 3.05) is 0 Å². The number of rotatable bonds is 2. The van der Waals surface area contributed by atoms with Gasteiger partial charge in [-0.2, -0.15) is 13.2 Å². The number of carbonyl (C=O) groups is 1. The summed E-state index contributed by atoms with van der Waals surface area (Å²) in [5.41, 5.74) is 0.584. The summed E-state index contributed by atoms with van der Waals surface area (Å²) in [6, 6.07) is 6.29. The minimum Gasteiger partial charge on any atom is -0.383 e. The molecule has 0 bridgehead atoms. The molecule has 10 heteroatoms. The van der Waals surface area contributed by atoms with Crippen molar-refractivity contribution in [1.82, 2.24) is 3.71 Å². The molecule has 0 N–H and O–H groups in total. The second kappa shape index (κ2) is 6.62. The lowest BCUT2D eigenvalue weighted by Gasteiger charge is -2.24. The van der Waals surface area contributed by atoms with Crippen LogP contribution in [0.2, 0.25) is 0 Å². The van der Waals surface area contributed by atoms with E-state index in [0.29, 0.717) is 12.8 Å². The minimum atomic E-state index is -1.99. The van der Waals surface area contributed by atoms with Crippen molar-refractivity contribution in [1.29, 1.82) is 5.26 Å². The SMILES string of the molecule is N#Cc1ccc2c(c1)OS(=O)N(SC(Br)=C(Br)Br)C2=O. The van der Waals surface area contributed by atoms with Gasteiger partial charge in [-0.05, 0) is 59.9 Å². The Morgan fingerprint density at radius 3 is 2.70 bits per heavy atom. The molecule has 1 unspecified atom stereocenters. The normalized spacial score (nSPS) is 17.0. The van der Waals surface area contributed by atoms with Gasteiger partial charge in [-0.3, -0.25) is 4.79 Å². The summed E-state index contributed by atoms with van der Waals surface area (Å²) in [6.45, 7) is 0. The zero-order valence-corrected chi connectivity index (χ0v) is 15.7. The van der Waals surface area contributed by atoms with Gasteiger partial charge in [0.05, 0.1) is 24.4 Å². The number of hydrogen-bond acceptors (Lipinski definition) is 5. The molecular weight excluding hydrogens is 500 g/mol. The van der Waals surface area contributed by atoms with Gasteiger partial charge in [0.25, 0.3) is 5.91 Å². The highest BCUT2D eigenvalue weighted by Gasteiger charge is 2.34. The van der Waals surface area contributed by atoms with Crippen LogP contribution in [0, 0.1) is 11.3 Å². The number of hydrogen-bond donors (Lipinski definition) is 0. The predicted octanol–water partition coefficient (Wildman–Crippen LogP) is 3.93. The van der Waals surface area contributed by atoms with Crippen LogP contribution in [0.1, 0.15) is 15.9 Å². The smallest absolute Gasteiger partial charge is 0.332 e. The van der Waals surface area contributed by atoms with E-state index in [1.54, 1.807) is 0 Å². The summed E-state index contributed by atoms with van der Waals surface area (Å²) in [5.74, 6) is -0.320. The van der Waals surface area contributed by atoms with E-state index in [1.807, 2.05) is 6.07 Å². The zero-order valence-electron chi connectivity index (χ0n) is 9.30. The fourth-order valence-electron chi connectivity index (χ4n) is 1.29. The maximum absolute atomic E-state index is 12.3. The number of benzene rings is 1. The monoisotopic (exact) mass is 500 g/mol. The molecular formula is C10H3Br3N2O3S2. The van der Waals surface area contributed by atoms with Gasteiger partial charge in [0.2, 0.25) is 0 Å². The molecule has 1 aromatic carbocycles. The first kappa shape index (κ1) is 16.0. The fourth-order valence-corrected chi connectivity index (χ4v) is 4.00. The first-order valence-corrected chi connectivity index (χ1v) is 9.00. The van der Waals surface area contributed by atoms with Crippen LogP contribution in [0.3, 0.4) is 0 Å². The first-order valence-electron chi connectivity index (χ1n) is 4.81. The van der Waals surface area contributed by atoms with Gasteiger partial charge >= 0.3 is 11.3 Å². The zero-order chi connectivity index (χ0) is 14.9. The van der Waals surface area contributed by atoms with Gasteiger partial charge in [0.15, 0.2) is 5.75 Å². The highest BCUT2D eigenvalue weighted by molar-refractivity contribution is 9.29. The topological polar surface area (TPSA) is 70.4 Å². The maximum Gasteiger partial charge on any atom is 0.332 e. The summed E-state index contributed by atoms with van der Waals surface area (Å²) in [5, 5.41) is 8.80. The fraction of sp³-hybridized carbons (Fsp3) is 0. The predicted molar refractivity (Wildman–Crippen MR) is 87.5 cm³/mol. The van der Waals surface area contributed by atoms with Crippen molar-refractivity contribution in [3.63, 3.8) is 0 Å². The van der Waals surface area contributed by atoms with Crippen molar-refractivity contribution in [2.24, 2.45) is 0 Å². The molecule has 1 heterocycles. The molecule has 1 aliphatic heterocycles. The van der Waals surface area contributed by atoms with E-state index >= 15 is 0 Å². The molecule has 0 radical (unpaired) electrons. The van der Waals surface area contributed by atoms with Gasteiger partial charge in [-0.25, -0.2) is 0 Å². The van der Waals surface area contributed by atoms with Crippen LogP contribution in [0.4, 0.5) is 0 Å². The van der Waals surface area contributed by atoms with E-state index in [9.17, 15) is 9.00 Å².